The number of ether oxygens (including phenoxy) is 1. The van der Waals surface area contributed by atoms with Crippen LogP contribution >= 0.6 is 0 Å². The summed E-state index contributed by atoms with van der Waals surface area (Å²) in [6.45, 7) is 2.32. The molecular formula is C26H28N2O4. The Balaban J connectivity index is 1.42. The van der Waals surface area contributed by atoms with Crippen LogP contribution < -0.4 is 11.5 Å². The predicted molar refractivity (Wildman–Crippen MR) is 122 cm³/mol. The van der Waals surface area contributed by atoms with Crippen LogP contribution in [0.5, 0.6) is 0 Å². The van der Waals surface area contributed by atoms with Crippen LogP contribution in [-0.4, -0.2) is 23.6 Å². The Morgan fingerprint density at radius 2 is 1.53 bits per heavy atom. The summed E-state index contributed by atoms with van der Waals surface area (Å²) in [5, 5.41) is 0. The molecule has 2 saturated carbocycles. The standard InChI is InChI=1S/C26H28N2O4/c1-13-6-7-15-11-16(9-8-14(15)10-13)32-26(31)19-12-20(27)21-22(23(19)28)25(30)18-5-3-2-4-17(18)24(21)29/h2-5,12-16H,6-11,27-28H2,1H3/t13?,14-,15?,16-/m1/s1. The largest absolute Gasteiger partial charge is 0.459 e. The first-order chi connectivity index (χ1) is 15.3. The van der Waals surface area contributed by atoms with Gasteiger partial charge < -0.3 is 16.2 Å². The van der Waals surface area contributed by atoms with Crippen molar-refractivity contribution in [3.63, 3.8) is 0 Å². The number of nitrogens with two attached hydrogens (primary N) is 2. The van der Waals surface area contributed by atoms with Crippen molar-refractivity contribution in [1.82, 2.24) is 0 Å². The number of carbonyl (C=O) groups excluding carboxylic acids is 3. The quantitative estimate of drug-likeness (QED) is 0.459. The van der Waals surface area contributed by atoms with E-state index in [1.54, 1.807) is 24.3 Å². The lowest BCUT2D eigenvalue weighted by Gasteiger charge is -2.41. The van der Waals surface area contributed by atoms with E-state index in [1.165, 1.54) is 25.3 Å². The van der Waals surface area contributed by atoms with Crippen molar-refractivity contribution in [3.05, 3.63) is 58.1 Å². The van der Waals surface area contributed by atoms with Gasteiger partial charge in [0.05, 0.1) is 22.4 Å². The van der Waals surface area contributed by atoms with Gasteiger partial charge in [-0.3, -0.25) is 9.59 Å². The van der Waals surface area contributed by atoms with Crippen molar-refractivity contribution in [2.24, 2.45) is 17.8 Å². The highest BCUT2D eigenvalue weighted by molar-refractivity contribution is 6.32. The third-order valence-corrected chi connectivity index (χ3v) is 7.59. The monoisotopic (exact) mass is 432 g/mol. The first-order valence-corrected chi connectivity index (χ1v) is 11.5. The number of anilines is 2. The number of rotatable bonds is 2. The van der Waals surface area contributed by atoms with Crippen molar-refractivity contribution < 1.29 is 19.1 Å². The summed E-state index contributed by atoms with van der Waals surface area (Å²) in [4.78, 5) is 39.2. The summed E-state index contributed by atoms with van der Waals surface area (Å²) in [5.74, 6) is 0.763. The maximum atomic E-state index is 13.1. The fourth-order valence-electron chi connectivity index (χ4n) is 5.92. The molecule has 2 fully saturated rings. The molecule has 3 aliphatic rings. The highest BCUT2D eigenvalue weighted by Gasteiger charge is 2.38. The number of hydrogen-bond acceptors (Lipinski definition) is 6. The van der Waals surface area contributed by atoms with Crippen molar-refractivity contribution in [2.75, 3.05) is 11.5 Å². The fraction of sp³-hybridized carbons (Fsp3) is 0.423. The summed E-state index contributed by atoms with van der Waals surface area (Å²) < 4.78 is 5.84. The minimum atomic E-state index is -0.580. The maximum Gasteiger partial charge on any atom is 0.340 e. The van der Waals surface area contributed by atoms with Gasteiger partial charge in [0.15, 0.2) is 11.6 Å². The minimum Gasteiger partial charge on any atom is -0.459 e. The average Bonchev–Trinajstić information content (AvgIpc) is 2.78. The number of carbonyl (C=O) groups is 3. The summed E-state index contributed by atoms with van der Waals surface area (Å²) in [6.07, 6.45) is 6.29. The molecule has 0 saturated heterocycles. The Morgan fingerprint density at radius 3 is 2.25 bits per heavy atom. The molecule has 4 atom stereocenters. The van der Waals surface area contributed by atoms with Crippen LogP contribution in [-0.2, 0) is 4.74 Å². The number of nitrogen functional groups attached to an aromatic ring is 2. The van der Waals surface area contributed by atoms with Gasteiger partial charge in [-0.25, -0.2) is 4.79 Å². The number of hydrogen-bond donors (Lipinski definition) is 2. The van der Waals surface area contributed by atoms with Gasteiger partial charge in [-0.15, -0.1) is 0 Å². The van der Waals surface area contributed by atoms with Gasteiger partial charge in [0.2, 0.25) is 0 Å². The Hall–Kier alpha value is -3.15. The van der Waals surface area contributed by atoms with Crippen LogP contribution in [0, 0.1) is 17.8 Å². The zero-order chi connectivity index (χ0) is 22.6. The SMILES string of the molecule is CC1CCC2C[C@H](OC(=O)c3cc(N)c4c(c3N)C(=O)c3ccccc3C4=O)CC[C@@H]2C1. The molecule has 0 aliphatic heterocycles. The molecule has 2 aromatic carbocycles. The van der Waals surface area contributed by atoms with Gasteiger partial charge in [0, 0.05) is 16.8 Å². The molecule has 0 amide bonds. The van der Waals surface area contributed by atoms with Gasteiger partial charge in [-0.1, -0.05) is 37.6 Å². The van der Waals surface area contributed by atoms with E-state index in [4.69, 9.17) is 16.2 Å². The topological polar surface area (TPSA) is 112 Å². The molecule has 0 radical (unpaired) electrons. The number of fused-ring (bicyclic) bond motifs is 3. The Morgan fingerprint density at radius 1 is 0.906 bits per heavy atom. The molecule has 2 aromatic rings. The number of benzene rings is 2. The van der Waals surface area contributed by atoms with Crippen molar-refractivity contribution in [2.45, 2.75) is 51.6 Å². The maximum absolute atomic E-state index is 13.1. The summed E-state index contributed by atoms with van der Waals surface area (Å²) >= 11 is 0. The smallest absolute Gasteiger partial charge is 0.340 e. The van der Waals surface area contributed by atoms with E-state index >= 15 is 0 Å². The summed E-state index contributed by atoms with van der Waals surface area (Å²) in [7, 11) is 0. The van der Waals surface area contributed by atoms with Gasteiger partial charge in [0.25, 0.3) is 0 Å². The van der Waals surface area contributed by atoms with Crippen molar-refractivity contribution in [3.8, 4) is 0 Å². The van der Waals surface area contributed by atoms with E-state index in [2.05, 4.69) is 6.92 Å². The second-order valence-electron chi connectivity index (χ2n) is 9.66. The highest BCUT2D eigenvalue weighted by atomic mass is 16.5. The summed E-state index contributed by atoms with van der Waals surface area (Å²) in [6, 6.07) is 7.95. The van der Waals surface area contributed by atoms with Gasteiger partial charge in [-0.05, 0) is 55.9 Å². The van der Waals surface area contributed by atoms with Crippen LogP contribution in [0.15, 0.2) is 30.3 Å². The Bertz CT molecular complexity index is 1140. The van der Waals surface area contributed by atoms with Gasteiger partial charge >= 0.3 is 5.97 Å². The van der Waals surface area contributed by atoms with E-state index in [9.17, 15) is 14.4 Å². The van der Waals surface area contributed by atoms with Crippen LogP contribution in [0.4, 0.5) is 11.4 Å². The van der Waals surface area contributed by atoms with E-state index in [0.717, 1.165) is 31.1 Å². The summed E-state index contributed by atoms with van der Waals surface area (Å²) in [5.41, 5.74) is 13.2. The molecule has 2 unspecified atom stereocenters. The molecule has 6 heteroatoms. The molecule has 32 heavy (non-hydrogen) atoms. The highest BCUT2D eigenvalue weighted by Crippen LogP contribution is 2.44. The van der Waals surface area contributed by atoms with Gasteiger partial charge in [-0.2, -0.15) is 0 Å². The Labute approximate surface area is 187 Å². The number of esters is 1. The molecule has 0 heterocycles. The zero-order valence-corrected chi connectivity index (χ0v) is 18.2. The predicted octanol–water partition coefficient (Wildman–Crippen LogP) is 4.39. The molecular weight excluding hydrogens is 404 g/mol. The third kappa shape index (κ3) is 3.29. The van der Waals surface area contributed by atoms with Gasteiger partial charge in [0.1, 0.15) is 6.10 Å². The number of ketones is 2. The second kappa shape index (κ2) is 7.76. The van der Waals surface area contributed by atoms with Crippen LogP contribution in [0.1, 0.15) is 87.6 Å². The Kier molecular flexibility index (Phi) is 5.03. The molecule has 0 spiro atoms. The van der Waals surface area contributed by atoms with Crippen molar-refractivity contribution in [1.29, 1.82) is 0 Å². The minimum absolute atomic E-state index is 0.00521. The van der Waals surface area contributed by atoms with E-state index in [0.29, 0.717) is 11.5 Å². The van der Waals surface area contributed by atoms with Crippen LogP contribution in [0.3, 0.4) is 0 Å². The van der Waals surface area contributed by atoms with E-state index in [-0.39, 0.29) is 45.5 Å². The molecule has 6 nitrogen and oxygen atoms in total. The molecule has 166 valence electrons. The van der Waals surface area contributed by atoms with E-state index < -0.39 is 11.8 Å². The zero-order valence-electron chi connectivity index (χ0n) is 18.2. The molecule has 0 aromatic heterocycles. The van der Waals surface area contributed by atoms with Crippen LogP contribution in [0.2, 0.25) is 0 Å². The molecule has 3 aliphatic carbocycles. The average molecular weight is 433 g/mol. The lowest BCUT2D eigenvalue weighted by Crippen LogP contribution is -2.35. The lowest BCUT2D eigenvalue weighted by molar-refractivity contribution is -0.00482. The third-order valence-electron chi connectivity index (χ3n) is 7.59. The van der Waals surface area contributed by atoms with Crippen LogP contribution in [0.25, 0.3) is 0 Å². The molecule has 4 N–H and O–H groups in total. The normalized spacial score (nSPS) is 26.7. The second-order valence-corrected chi connectivity index (χ2v) is 9.66. The van der Waals surface area contributed by atoms with Crippen molar-refractivity contribution >= 4 is 28.9 Å². The lowest BCUT2D eigenvalue weighted by atomic mass is 9.67. The van der Waals surface area contributed by atoms with E-state index in [1.807, 2.05) is 0 Å². The first-order valence-electron chi connectivity index (χ1n) is 11.5. The fourth-order valence-corrected chi connectivity index (χ4v) is 5.92. The first kappa shape index (κ1) is 20.7. The molecule has 0 bridgehead atoms. The molecule has 5 rings (SSSR count).